The van der Waals surface area contributed by atoms with E-state index in [9.17, 15) is 4.79 Å². The van der Waals surface area contributed by atoms with Gasteiger partial charge >= 0.3 is 5.63 Å². The fourth-order valence-electron chi connectivity index (χ4n) is 3.46. The maximum atomic E-state index is 11.8. The Morgan fingerprint density at radius 3 is 3.04 bits per heavy atom. The first-order chi connectivity index (χ1) is 11.7. The molecule has 5 nitrogen and oxygen atoms in total. The van der Waals surface area contributed by atoms with Gasteiger partial charge in [0.1, 0.15) is 11.3 Å². The Labute approximate surface area is 144 Å². The van der Waals surface area contributed by atoms with Gasteiger partial charge in [-0.25, -0.2) is 4.79 Å². The zero-order chi connectivity index (χ0) is 16.5. The fourth-order valence-corrected chi connectivity index (χ4v) is 4.44. The van der Waals surface area contributed by atoms with E-state index >= 15 is 0 Å². The molecule has 2 atom stereocenters. The van der Waals surface area contributed by atoms with Gasteiger partial charge in [0.15, 0.2) is 5.17 Å². The Hall–Kier alpha value is -1.95. The average Bonchev–Trinajstić information content (AvgIpc) is 3.01. The minimum absolute atomic E-state index is 0.332. The zero-order valence-electron chi connectivity index (χ0n) is 13.6. The van der Waals surface area contributed by atoms with Crippen LogP contribution in [0.1, 0.15) is 31.2 Å². The number of fused-ring (bicyclic) bond motifs is 2. The molecule has 4 rings (SSSR count). The first kappa shape index (κ1) is 15.6. The number of aliphatic imine (C=N–C) groups is 1. The van der Waals surface area contributed by atoms with Crippen molar-refractivity contribution in [1.82, 2.24) is 5.32 Å². The SMILES string of the molecule is COc1ccc2c(CSC3=N[C@H]4CCCC[C@@H]4N3)cc(=O)oc2c1. The fraction of sp³-hybridized carbons (Fsp3) is 0.444. The van der Waals surface area contributed by atoms with E-state index in [0.717, 1.165) is 16.1 Å². The molecule has 0 saturated heterocycles. The van der Waals surface area contributed by atoms with E-state index in [1.54, 1.807) is 31.0 Å². The van der Waals surface area contributed by atoms with Crippen LogP contribution in [0.15, 0.2) is 38.5 Å². The number of amidine groups is 1. The van der Waals surface area contributed by atoms with Crippen molar-refractivity contribution in [2.24, 2.45) is 4.99 Å². The number of ether oxygens (including phenoxy) is 1. The van der Waals surface area contributed by atoms with Crippen molar-refractivity contribution in [1.29, 1.82) is 0 Å². The molecule has 2 heterocycles. The number of nitrogens with zero attached hydrogens (tertiary/aromatic N) is 1. The number of benzene rings is 1. The van der Waals surface area contributed by atoms with Gasteiger partial charge in [-0.2, -0.15) is 0 Å². The van der Waals surface area contributed by atoms with Crippen LogP contribution in [-0.2, 0) is 5.75 Å². The summed E-state index contributed by atoms with van der Waals surface area (Å²) in [4.78, 5) is 16.6. The molecule has 24 heavy (non-hydrogen) atoms. The molecule has 2 aromatic rings. The maximum Gasteiger partial charge on any atom is 0.336 e. The third kappa shape index (κ3) is 3.02. The van der Waals surface area contributed by atoms with Gasteiger partial charge in [-0.05, 0) is 30.5 Å². The Morgan fingerprint density at radius 2 is 2.21 bits per heavy atom. The molecule has 1 aliphatic heterocycles. The van der Waals surface area contributed by atoms with Crippen molar-refractivity contribution >= 4 is 27.9 Å². The van der Waals surface area contributed by atoms with Crippen molar-refractivity contribution in [3.05, 3.63) is 40.2 Å². The highest BCUT2D eigenvalue weighted by Gasteiger charge is 2.30. The summed E-state index contributed by atoms with van der Waals surface area (Å²) in [5.74, 6) is 1.38. The maximum absolute atomic E-state index is 11.8. The van der Waals surface area contributed by atoms with Crippen molar-refractivity contribution in [3.8, 4) is 5.75 Å². The van der Waals surface area contributed by atoms with Gasteiger partial charge in [0.05, 0.1) is 19.2 Å². The monoisotopic (exact) mass is 344 g/mol. The van der Waals surface area contributed by atoms with Crippen LogP contribution < -0.4 is 15.7 Å². The summed E-state index contributed by atoms with van der Waals surface area (Å²) < 4.78 is 10.5. The van der Waals surface area contributed by atoms with Gasteiger partial charge in [0.25, 0.3) is 0 Å². The average molecular weight is 344 g/mol. The van der Waals surface area contributed by atoms with Gasteiger partial charge in [-0.1, -0.05) is 24.6 Å². The van der Waals surface area contributed by atoms with Crippen molar-refractivity contribution < 1.29 is 9.15 Å². The van der Waals surface area contributed by atoms with Crippen LogP contribution in [0.2, 0.25) is 0 Å². The van der Waals surface area contributed by atoms with Crippen LogP contribution in [-0.4, -0.2) is 24.4 Å². The molecule has 126 valence electrons. The van der Waals surface area contributed by atoms with Gasteiger partial charge in [0.2, 0.25) is 0 Å². The Morgan fingerprint density at radius 1 is 1.33 bits per heavy atom. The van der Waals surface area contributed by atoms with Crippen LogP contribution >= 0.6 is 11.8 Å². The van der Waals surface area contributed by atoms with Gasteiger partial charge in [-0.15, -0.1) is 0 Å². The van der Waals surface area contributed by atoms with Crippen LogP contribution in [0.3, 0.4) is 0 Å². The largest absolute Gasteiger partial charge is 0.497 e. The summed E-state index contributed by atoms with van der Waals surface area (Å²) in [5.41, 5.74) is 1.20. The summed E-state index contributed by atoms with van der Waals surface area (Å²) >= 11 is 1.66. The van der Waals surface area contributed by atoms with Gasteiger partial charge < -0.3 is 14.5 Å². The number of thioether (sulfide) groups is 1. The van der Waals surface area contributed by atoms with E-state index in [-0.39, 0.29) is 5.63 Å². The van der Waals surface area contributed by atoms with Crippen molar-refractivity contribution in [2.75, 3.05) is 7.11 Å². The highest BCUT2D eigenvalue weighted by Crippen LogP contribution is 2.29. The standard InChI is InChI=1S/C18H20N2O3S/c1-22-12-6-7-13-11(8-17(21)23-16(13)9-12)10-24-18-19-14-4-2-3-5-15(14)20-18/h6-9,14-15H,2-5,10H2,1H3,(H,19,20)/t14-,15-/m0/s1. The van der Waals surface area contributed by atoms with Crippen LogP contribution in [0.5, 0.6) is 5.75 Å². The second-order valence-corrected chi connectivity index (χ2v) is 7.24. The lowest BCUT2D eigenvalue weighted by Crippen LogP contribution is -2.36. The predicted molar refractivity (Wildman–Crippen MR) is 96.9 cm³/mol. The molecule has 0 amide bonds. The summed E-state index contributed by atoms with van der Waals surface area (Å²) in [6, 6.07) is 8.09. The number of nitrogens with one attached hydrogen (secondary N) is 1. The van der Waals surface area contributed by atoms with E-state index in [4.69, 9.17) is 14.1 Å². The normalized spacial score (nSPS) is 22.8. The third-order valence-corrected chi connectivity index (χ3v) is 5.68. The Bertz CT molecular complexity index is 846. The molecule has 0 bridgehead atoms. The van der Waals surface area contributed by atoms with Crippen molar-refractivity contribution in [2.45, 2.75) is 43.5 Å². The molecule has 1 aliphatic carbocycles. The second kappa shape index (κ2) is 6.51. The number of methoxy groups -OCH3 is 1. The van der Waals surface area contributed by atoms with Gasteiger partial charge in [0, 0.05) is 23.3 Å². The summed E-state index contributed by atoms with van der Waals surface area (Å²) in [7, 11) is 1.60. The summed E-state index contributed by atoms with van der Waals surface area (Å²) in [5, 5.41) is 5.48. The minimum Gasteiger partial charge on any atom is -0.497 e. The quantitative estimate of drug-likeness (QED) is 0.866. The van der Waals surface area contributed by atoms with Gasteiger partial charge in [-0.3, -0.25) is 4.99 Å². The van der Waals surface area contributed by atoms with E-state index in [2.05, 4.69) is 5.32 Å². The van der Waals surface area contributed by atoms with Crippen LogP contribution in [0, 0.1) is 0 Å². The lowest BCUT2D eigenvalue weighted by atomic mass is 9.92. The molecule has 1 saturated carbocycles. The molecule has 0 radical (unpaired) electrons. The molecule has 1 aromatic heterocycles. The summed E-state index contributed by atoms with van der Waals surface area (Å²) in [6.45, 7) is 0. The highest BCUT2D eigenvalue weighted by atomic mass is 32.2. The topological polar surface area (TPSA) is 63.8 Å². The van der Waals surface area contributed by atoms with Crippen LogP contribution in [0.25, 0.3) is 11.0 Å². The number of hydrogen-bond donors (Lipinski definition) is 1. The lowest BCUT2D eigenvalue weighted by Gasteiger charge is -2.23. The van der Waals surface area contributed by atoms with Crippen molar-refractivity contribution in [3.63, 3.8) is 0 Å². The van der Waals surface area contributed by atoms with E-state index in [1.807, 2.05) is 12.1 Å². The second-order valence-electron chi connectivity index (χ2n) is 6.28. The summed E-state index contributed by atoms with van der Waals surface area (Å²) in [6.07, 6.45) is 4.94. The zero-order valence-corrected chi connectivity index (χ0v) is 14.4. The molecule has 0 unspecified atom stereocenters. The number of rotatable bonds is 3. The molecule has 6 heteroatoms. The lowest BCUT2D eigenvalue weighted by molar-refractivity contribution is 0.385. The van der Waals surface area contributed by atoms with E-state index in [1.165, 1.54) is 25.7 Å². The molecule has 0 spiro atoms. The minimum atomic E-state index is -0.332. The molecule has 2 aliphatic rings. The predicted octanol–water partition coefficient (Wildman–Crippen LogP) is 3.31. The van der Waals surface area contributed by atoms with E-state index in [0.29, 0.717) is 29.2 Å². The smallest absolute Gasteiger partial charge is 0.336 e. The molecular weight excluding hydrogens is 324 g/mol. The highest BCUT2D eigenvalue weighted by molar-refractivity contribution is 8.13. The first-order valence-corrected chi connectivity index (χ1v) is 9.29. The molecule has 1 N–H and O–H groups in total. The van der Waals surface area contributed by atoms with Crippen LogP contribution in [0.4, 0.5) is 0 Å². The third-order valence-electron chi connectivity index (χ3n) is 4.72. The number of hydrogen-bond acceptors (Lipinski definition) is 6. The Balaban J connectivity index is 1.55. The molecule has 1 fully saturated rings. The van der Waals surface area contributed by atoms with E-state index < -0.39 is 0 Å². The Kier molecular flexibility index (Phi) is 4.22. The molecule has 1 aromatic carbocycles. The first-order valence-electron chi connectivity index (χ1n) is 8.31. The molecular formula is C18H20N2O3S.